The molecule has 0 aliphatic heterocycles. The summed E-state index contributed by atoms with van der Waals surface area (Å²) < 4.78 is 1.11. The van der Waals surface area contributed by atoms with E-state index in [1.54, 1.807) is 6.08 Å². The van der Waals surface area contributed by atoms with Crippen LogP contribution in [-0.4, -0.2) is 27.6 Å². The molecule has 1 atom stereocenters. The van der Waals surface area contributed by atoms with Gasteiger partial charge in [-0.15, -0.1) is 11.3 Å². The second kappa shape index (κ2) is 7.25. The molecule has 1 unspecified atom stereocenters. The van der Waals surface area contributed by atoms with Crippen molar-refractivity contribution in [2.45, 2.75) is 6.10 Å². The quantitative estimate of drug-likeness (QED) is 0.624. The number of benzene rings is 1. The summed E-state index contributed by atoms with van der Waals surface area (Å²) in [6.07, 6.45) is 5.00. The monoisotopic (exact) mass is 340 g/mol. The maximum atomic E-state index is 11.8. The number of nitrogens with one attached hydrogen (secondary N) is 1. The lowest BCUT2D eigenvalue weighted by molar-refractivity contribution is -0.116. The van der Waals surface area contributed by atoms with Gasteiger partial charge in [-0.3, -0.25) is 9.78 Å². The van der Waals surface area contributed by atoms with Crippen molar-refractivity contribution in [1.29, 1.82) is 0 Å². The summed E-state index contributed by atoms with van der Waals surface area (Å²) >= 11 is 1.51. The smallest absolute Gasteiger partial charge is 0.244 e. The number of hydrogen-bond donors (Lipinski definition) is 3. The molecule has 0 aliphatic rings. The lowest BCUT2D eigenvalue weighted by Gasteiger charge is -2.08. The predicted molar refractivity (Wildman–Crippen MR) is 94.7 cm³/mol. The third-order valence-corrected chi connectivity index (χ3v) is 4.63. The first-order valence-electron chi connectivity index (χ1n) is 7.38. The topological polar surface area (TPSA) is 82.5 Å². The standard InChI is InChI=1S/C18H16N2O3S/c21-14-7-12(9-19-10-14)5-6-18(23)20-11-15(22)17-8-13-3-1-2-4-16(13)24-17/h1-10,15,21-22H,11H2,(H,20,23)/b6-5+. The fourth-order valence-electron chi connectivity index (χ4n) is 2.23. The Morgan fingerprint density at radius 2 is 2.12 bits per heavy atom. The van der Waals surface area contributed by atoms with Crippen LogP contribution in [0, 0.1) is 0 Å². The lowest BCUT2D eigenvalue weighted by Crippen LogP contribution is -2.26. The predicted octanol–water partition coefficient (Wildman–Crippen LogP) is 2.86. The number of nitrogens with zero attached hydrogens (tertiary/aromatic N) is 1. The van der Waals surface area contributed by atoms with E-state index in [9.17, 15) is 15.0 Å². The van der Waals surface area contributed by atoms with Gasteiger partial charge in [0.25, 0.3) is 0 Å². The Bertz CT molecular complexity index is 856. The molecule has 0 saturated carbocycles. The van der Waals surface area contributed by atoms with E-state index in [0.717, 1.165) is 15.0 Å². The van der Waals surface area contributed by atoms with Crippen molar-refractivity contribution in [1.82, 2.24) is 10.3 Å². The van der Waals surface area contributed by atoms with E-state index >= 15 is 0 Å². The van der Waals surface area contributed by atoms with Gasteiger partial charge in [0.05, 0.1) is 6.20 Å². The van der Waals surface area contributed by atoms with Gasteiger partial charge in [0.15, 0.2) is 0 Å². The molecular weight excluding hydrogens is 324 g/mol. The molecule has 2 aromatic heterocycles. The van der Waals surface area contributed by atoms with Crippen LogP contribution in [0.15, 0.2) is 54.9 Å². The van der Waals surface area contributed by atoms with Crippen LogP contribution in [0.25, 0.3) is 16.2 Å². The van der Waals surface area contributed by atoms with Gasteiger partial charge in [0.2, 0.25) is 5.91 Å². The third-order valence-electron chi connectivity index (χ3n) is 3.41. The van der Waals surface area contributed by atoms with Crippen LogP contribution in [0.1, 0.15) is 16.5 Å². The zero-order valence-corrected chi connectivity index (χ0v) is 13.5. The molecular formula is C18H16N2O3S. The summed E-state index contributed by atoms with van der Waals surface area (Å²) in [5.74, 6) is -0.281. The molecule has 3 N–H and O–H groups in total. The van der Waals surface area contributed by atoms with E-state index in [2.05, 4.69) is 10.3 Å². The summed E-state index contributed by atoms with van der Waals surface area (Å²) in [5, 5.41) is 23.3. The summed E-state index contributed by atoms with van der Waals surface area (Å²) in [6, 6.07) is 11.3. The zero-order chi connectivity index (χ0) is 16.9. The highest BCUT2D eigenvalue weighted by Crippen LogP contribution is 2.29. The molecule has 0 fully saturated rings. The number of rotatable bonds is 5. The normalized spacial score (nSPS) is 12.5. The van der Waals surface area contributed by atoms with Crippen LogP contribution < -0.4 is 5.32 Å². The average molecular weight is 340 g/mol. The second-order valence-electron chi connectivity index (χ2n) is 5.26. The maximum absolute atomic E-state index is 11.8. The highest BCUT2D eigenvalue weighted by molar-refractivity contribution is 7.19. The van der Waals surface area contributed by atoms with E-state index < -0.39 is 6.10 Å². The Labute approximate surface area is 142 Å². The van der Waals surface area contributed by atoms with Crippen LogP contribution in [0.4, 0.5) is 0 Å². The third kappa shape index (κ3) is 3.98. The van der Waals surface area contributed by atoms with Gasteiger partial charge >= 0.3 is 0 Å². The number of carbonyl (C=O) groups excluding carboxylic acids is 1. The van der Waals surface area contributed by atoms with Crippen molar-refractivity contribution >= 4 is 33.4 Å². The Balaban J connectivity index is 1.57. The highest BCUT2D eigenvalue weighted by Gasteiger charge is 2.12. The summed E-state index contributed by atoms with van der Waals surface area (Å²) in [7, 11) is 0. The summed E-state index contributed by atoms with van der Waals surface area (Å²) in [4.78, 5) is 16.5. The molecule has 3 rings (SSSR count). The van der Waals surface area contributed by atoms with E-state index in [1.807, 2.05) is 30.3 Å². The van der Waals surface area contributed by atoms with Gasteiger partial charge in [-0.25, -0.2) is 0 Å². The summed E-state index contributed by atoms with van der Waals surface area (Å²) in [6.45, 7) is 0.133. The van der Waals surface area contributed by atoms with E-state index in [4.69, 9.17) is 0 Å². The van der Waals surface area contributed by atoms with Gasteiger partial charge in [0, 0.05) is 28.4 Å². The number of aromatic nitrogens is 1. The van der Waals surface area contributed by atoms with Crippen molar-refractivity contribution < 1.29 is 15.0 Å². The molecule has 122 valence electrons. The van der Waals surface area contributed by atoms with Crippen molar-refractivity contribution in [2.75, 3.05) is 6.54 Å². The molecule has 6 heteroatoms. The van der Waals surface area contributed by atoms with Gasteiger partial charge in [-0.2, -0.15) is 0 Å². The number of aliphatic hydroxyl groups excluding tert-OH is 1. The van der Waals surface area contributed by atoms with Gasteiger partial charge in [-0.05, 0) is 35.2 Å². The molecule has 0 bridgehead atoms. The van der Waals surface area contributed by atoms with Crippen LogP contribution in [0.5, 0.6) is 5.75 Å². The molecule has 0 aliphatic carbocycles. The number of aliphatic hydroxyl groups is 1. The molecule has 5 nitrogen and oxygen atoms in total. The van der Waals surface area contributed by atoms with Crippen LogP contribution in [0.3, 0.4) is 0 Å². The van der Waals surface area contributed by atoms with Crippen LogP contribution >= 0.6 is 11.3 Å². The average Bonchev–Trinajstić information content (AvgIpc) is 3.02. The van der Waals surface area contributed by atoms with Gasteiger partial charge in [0.1, 0.15) is 11.9 Å². The number of pyridine rings is 1. The number of amides is 1. The van der Waals surface area contributed by atoms with Crippen molar-refractivity contribution in [2.24, 2.45) is 0 Å². The Hall–Kier alpha value is -2.70. The Morgan fingerprint density at radius 1 is 1.29 bits per heavy atom. The molecule has 1 amide bonds. The second-order valence-corrected chi connectivity index (χ2v) is 6.37. The lowest BCUT2D eigenvalue weighted by atomic mass is 10.2. The number of carbonyl (C=O) groups is 1. The fraction of sp³-hybridized carbons (Fsp3) is 0.111. The number of aromatic hydroxyl groups is 1. The number of thiophene rings is 1. The maximum Gasteiger partial charge on any atom is 0.244 e. The SMILES string of the molecule is O=C(/C=C/c1cncc(O)c1)NCC(O)c1cc2ccccc2s1. The van der Waals surface area contributed by atoms with Gasteiger partial charge in [-0.1, -0.05) is 18.2 Å². The largest absolute Gasteiger partial charge is 0.506 e. The number of fused-ring (bicyclic) bond motifs is 1. The molecule has 0 saturated heterocycles. The first-order chi connectivity index (χ1) is 11.6. The van der Waals surface area contributed by atoms with Crippen molar-refractivity contribution in [3.05, 3.63) is 65.3 Å². The summed E-state index contributed by atoms with van der Waals surface area (Å²) in [5.41, 5.74) is 0.621. The van der Waals surface area contributed by atoms with Crippen LogP contribution in [-0.2, 0) is 4.79 Å². The Morgan fingerprint density at radius 3 is 2.92 bits per heavy atom. The van der Waals surface area contributed by atoms with Crippen molar-refractivity contribution in [3.63, 3.8) is 0 Å². The molecule has 1 aromatic carbocycles. The van der Waals surface area contributed by atoms with E-state index in [0.29, 0.717) is 5.56 Å². The zero-order valence-electron chi connectivity index (χ0n) is 12.7. The first-order valence-corrected chi connectivity index (χ1v) is 8.20. The molecule has 3 aromatic rings. The molecule has 0 spiro atoms. The van der Waals surface area contributed by atoms with Gasteiger partial charge < -0.3 is 15.5 Å². The number of hydrogen-bond acceptors (Lipinski definition) is 5. The minimum Gasteiger partial charge on any atom is -0.506 e. The molecule has 0 radical (unpaired) electrons. The molecule has 2 heterocycles. The minimum atomic E-state index is -0.748. The van der Waals surface area contributed by atoms with E-state index in [-0.39, 0.29) is 18.2 Å². The minimum absolute atomic E-state index is 0.0396. The van der Waals surface area contributed by atoms with Crippen LogP contribution in [0.2, 0.25) is 0 Å². The first kappa shape index (κ1) is 16.2. The Kier molecular flexibility index (Phi) is 4.88. The highest BCUT2D eigenvalue weighted by atomic mass is 32.1. The van der Waals surface area contributed by atoms with Crippen molar-refractivity contribution in [3.8, 4) is 5.75 Å². The fourth-order valence-corrected chi connectivity index (χ4v) is 3.28. The van der Waals surface area contributed by atoms with E-state index in [1.165, 1.54) is 35.9 Å². The molecule has 24 heavy (non-hydrogen) atoms.